The molecule has 0 aliphatic carbocycles. The van der Waals surface area contributed by atoms with Crippen molar-refractivity contribution in [2.45, 2.75) is 105 Å². The minimum atomic E-state index is -1.11. The predicted molar refractivity (Wildman–Crippen MR) is 215 cm³/mol. The number of H-pyrrole nitrogens is 1. The average molecular weight is 797 g/mol. The van der Waals surface area contributed by atoms with E-state index < -0.39 is 64.8 Å². The Morgan fingerprint density at radius 3 is 2.25 bits per heavy atom. The molecule has 0 aliphatic heterocycles. The monoisotopic (exact) mass is 796 g/mol. The molecule has 0 saturated carbocycles. The van der Waals surface area contributed by atoms with Crippen LogP contribution in [0.3, 0.4) is 0 Å². The Morgan fingerprint density at radius 2 is 1.61 bits per heavy atom. The fourth-order valence-corrected chi connectivity index (χ4v) is 5.77. The molecule has 312 valence electrons. The lowest BCUT2D eigenvalue weighted by Gasteiger charge is -2.25. The second-order valence-corrected chi connectivity index (χ2v) is 14.8. The number of methoxy groups -OCH3 is 1. The van der Waals surface area contributed by atoms with Crippen LogP contribution < -0.4 is 42.7 Å². The van der Waals surface area contributed by atoms with Gasteiger partial charge in [0.05, 0.1) is 18.4 Å². The zero-order valence-corrected chi connectivity index (χ0v) is 34.1. The maximum absolute atomic E-state index is 13.3. The Balaban J connectivity index is 1.61. The van der Waals surface area contributed by atoms with Gasteiger partial charge in [-0.3, -0.25) is 24.7 Å². The van der Waals surface area contributed by atoms with E-state index in [-0.39, 0.29) is 36.1 Å². The standard InChI is InChI=1S/C39H56N8O10/c1-10-47(11-2)25-16-15-24-19-26(34(51)56-30(24)20-25)28-21-31(48)45-36(43-28)46-37(53)40-17-13-12-14-27(44-38(54)57-39(6,7)8)33(50)41-23(5)32(49)42-29(18-22(3)4)35(52)55-9/h15-16,19-23,27,29H,10-14,17-18H2,1-9H3,(H,41,50)(H,42,49)(H,44,54)(H3,40,43,45,46,48,53). The third kappa shape index (κ3) is 14.3. The van der Waals surface area contributed by atoms with E-state index >= 15 is 0 Å². The zero-order chi connectivity index (χ0) is 42.4. The van der Waals surface area contributed by atoms with Crippen molar-refractivity contribution in [3.05, 3.63) is 51.1 Å². The minimum Gasteiger partial charge on any atom is -0.467 e. The summed E-state index contributed by atoms with van der Waals surface area (Å²) in [5.41, 5.74) is -0.827. The molecule has 2 aromatic heterocycles. The molecule has 57 heavy (non-hydrogen) atoms. The lowest BCUT2D eigenvalue weighted by atomic mass is 10.0. The highest BCUT2D eigenvalue weighted by Crippen LogP contribution is 2.24. The van der Waals surface area contributed by atoms with Gasteiger partial charge in [0, 0.05) is 42.8 Å². The van der Waals surface area contributed by atoms with E-state index in [9.17, 15) is 33.6 Å². The molecular formula is C39H56N8O10. The third-order valence-corrected chi connectivity index (χ3v) is 8.57. The fourth-order valence-electron chi connectivity index (χ4n) is 5.77. The first kappa shape index (κ1) is 45.4. The molecule has 0 radical (unpaired) electrons. The number of benzene rings is 1. The van der Waals surface area contributed by atoms with E-state index in [4.69, 9.17) is 13.9 Å². The van der Waals surface area contributed by atoms with E-state index in [0.717, 1.165) is 24.8 Å². The second-order valence-electron chi connectivity index (χ2n) is 14.8. The van der Waals surface area contributed by atoms with Gasteiger partial charge in [-0.05, 0) is 91.3 Å². The number of aromatic amines is 1. The summed E-state index contributed by atoms with van der Waals surface area (Å²) in [6, 6.07) is 4.44. The molecule has 2 heterocycles. The van der Waals surface area contributed by atoms with Crippen molar-refractivity contribution < 1.29 is 37.9 Å². The number of urea groups is 1. The number of carbonyl (C=O) groups excluding carboxylic acids is 5. The van der Waals surface area contributed by atoms with E-state index in [1.54, 1.807) is 32.9 Å². The molecule has 0 bridgehead atoms. The molecule has 18 heteroatoms. The third-order valence-electron chi connectivity index (χ3n) is 8.57. The van der Waals surface area contributed by atoms with Gasteiger partial charge in [0.25, 0.3) is 5.56 Å². The first-order valence-electron chi connectivity index (χ1n) is 19.0. The first-order chi connectivity index (χ1) is 26.8. The Hall–Kier alpha value is -5.94. The summed E-state index contributed by atoms with van der Waals surface area (Å²) in [5.74, 6) is -2.01. The number of hydrogen-bond acceptors (Lipinski definition) is 12. The summed E-state index contributed by atoms with van der Waals surface area (Å²) in [4.78, 5) is 98.0. The number of hydrogen-bond donors (Lipinski definition) is 6. The quantitative estimate of drug-likeness (QED) is 0.0612. The van der Waals surface area contributed by atoms with Crippen molar-refractivity contribution in [1.29, 1.82) is 0 Å². The molecule has 1 aromatic carbocycles. The molecule has 0 fully saturated rings. The van der Waals surface area contributed by atoms with Gasteiger partial charge in [-0.25, -0.2) is 24.2 Å². The number of esters is 1. The number of nitrogens with one attached hydrogen (secondary N) is 6. The van der Waals surface area contributed by atoms with Crippen LogP contribution in [0.5, 0.6) is 0 Å². The van der Waals surface area contributed by atoms with Crippen molar-refractivity contribution in [2.24, 2.45) is 5.92 Å². The molecule has 3 aromatic rings. The van der Waals surface area contributed by atoms with Crippen molar-refractivity contribution in [3.8, 4) is 11.3 Å². The van der Waals surface area contributed by atoms with Crippen LogP contribution in [0.1, 0.15) is 81.1 Å². The van der Waals surface area contributed by atoms with Gasteiger partial charge in [0.15, 0.2) is 0 Å². The average Bonchev–Trinajstić information content (AvgIpc) is 3.12. The van der Waals surface area contributed by atoms with Gasteiger partial charge in [-0.15, -0.1) is 0 Å². The maximum atomic E-state index is 13.3. The van der Waals surface area contributed by atoms with E-state index in [1.807, 2.05) is 39.8 Å². The Labute approximate surface area is 331 Å². The number of aromatic nitrogens is 2. The number of rotatable bonds is 18. The number of ether oxygens (including phenoxy) is 2. The number of carbonyl (C=O) groups is 5. The van der Waals surface area contributed by atoms with Gasteiger partial charge in [0.2, 0.25) is 17.8 Å². The molecule has 3 unspecified atom stereocenters. The van der Waals surface area contributed by atoms with Crippen LogP contribution in [0, 0.1) is 5.92 Å². The van der Waals surface area contributed by atoms with Crippen LogP contribution in [0.2, 0.25) is 0 Å². The van der Waals surface area contributed by atoms with Gasteiger partial charge in [0.1, 0.15) is 29.3 Å². The first-order valence-corrected chi connectivity index (χ1v) is 19.0. The molecule has 0 saturated heterocycles. The van der Waals surface area contributed by atoms with Crippen LogP contribution in [-0.2, 0) is 23.9 Å². The molecule has 18 nitrogen and oxygen atoms in total. The smallest absolute Gasteiger partial charge is 0.408 e. The van der Waals surface area contributed by atoms with Crippen LogP contribution in [-0.4, -0.2) is 90.3 Å². The Morgan fingerprint density at radius 1 is 0.912 bits per heavy atom. The predicted octanol–water partition coefficient (Wildman–Crippen LogP) is 3.78. The van der Waals surface area contributed by atoms with E-state index in [1.165, 1.54) is 14.0 Å². The zero-order valence-electron chi connectivity index (χ0n) is 34.1. The molecule has 3 rings (SSSR count). The van der Waals surface area contributed by atoms with Crippen LogP contribution in [0.15, 0.2) is 44.3 Å². The molecule has 0 spiro atoms. The second kappa shape index (κ2) is 20.8. The topological polar surface area (TPSA) is 243 Å². The van der Waals surface area contributed by atoms with Gasteiger partial charge < -0.3 is 40.1 Å². The molecule has 0 aliphatic rings. The highest BCUT2D eigenvalue weighted by molar-refractivity contribution is 5.93. The summed E-state index contributed by atoms with van der Waals surface area (Å²) in [5, 5.41) is 13.4. The lowest BCUT2D eigenvalue weighted by molar-refractivity contribution is -0.145. The summed E-state index contributed by atoms with van der Waals surface area (Å²) in [7, 11) is 1.22. The van der Waals surface area contributed by atoms with Crippen molar-refractivity contribution in [2.75, 3.05) is 37.0 Å². The molecular weight excluding hydrogens is 740 g/mol. The SMILES string of the molecule is CCN(CC)c1ccc2cc(-c3cc(=O)[nH]c(NC(=O)NCCCCC(NC(=O)OC(C)(C)C)C(=O)NC(C)C(=O)NC(CC(C)C)C(=O)OC)n3)c(=O)oc2c1. The van der Waals surface area contributed by atoms with Crippen molar-refractivity contribution in [3.63, 3.8) is 0 Å². The Bertz CT molecular complexity index is 2000. The largest absolute Gasteiger partial charge is 0.467 e. The summed E-state index contributed by atoms with van der Waals surface area (Å²) >= 11 is 0. The van der Waals surface area contributed by atoms with Crippen molar-refractivity contribution in [1.82, 2.24) is 31.2 Å². The highest BCUT2D eigenvalue weighted by Gasteiger charge is 2.29. The summed E-state index contributed by atoms with van der Waals surface area (Å²) in [6.45, 7) is 16.0. The highest BCUT2D eigenvalue weighted by atomic mass is 16.6. The molecule has 5 amide bonds. The summed E-state index contributed by atoms with van der Waals surface area (Å²) in [6.07, 6.45) is 0.304. The fraction of sp³-hybridized carbons (Fsp3) is 0.538. The van der Waals surface area contributed by atoms with Crippen molar-refractivity contribution >= 4 is 52.5 Å². The summed E-state index contributed by atoms with van der Waals surface area (Å²) < 4.78 is 15.7. The number of alkyl carbamates (subject to hydrolysis) is 1. The number of nitrogens with zero attached hydrogens (tertiary/aromatic N) is 2. The molecule has 6 N–H and O–H groups in total. The van der Waals surface area contributed by atoms with Crippen LogP contribution in [0.4, 0.5) is 21.2 Å². The minimum absolute atomic E-state index is 0.00460. The number of amides is 5. The number of fused-ring (bicyclic) bond motifs is 1. The lowest BCUT2D eigenvalue weighted by Crippen LogP contribution is -2.55. The normalized spacial score (nSPS) is 12.9. The Kier molecular flexibility index (Phi) is 16.6. The van der Waals surface area contributed by atoms with E-state index in [0.29, 0.717) is 30.2 Å². The van der Waals surface area contributed by atoms with Gasteiger partial charge >= 0.3 is 23.7 Å². The number of anilines is 2. The van der Waals surface area contributed by atoms with Crippen LogP contribution in [0.25, 0.3) is 22.2 Å². The van der Waals surface area contributed by atoms with E-state index in [2.05, 4.69) is 41.5 Å². The molecule has 3 atom stereocenters. The van der Waals surface area contributed by atoms with Gasteiger partial charge in [-0.2, -0.15) is 0 Å². The maximum Gasteiger partial charge on any atom is 0.408 e. The number of unbranched alkanes of at least 4 members (excludes halogenated alkanes) is 1. The van der Waals surface area contributed by atoms with Gasteiger partial charge in [-0.1, -0.05) is 13.8 Å². The van der Waals surface area contributed by atoms with Crippen LogP contribution >= 0.6 is 0 Å².